The average molecular weight is 460 g/mol. The highest BCUT2D eigenvalue weighted by Crippen LogP contribution is 2.35. The highest BCUT2D eigenvalue weighted by Gasteiger charge is 2.23. The Balaban J connectivity index is 1.59. The molecule has 2 aromatic carbocycles. The number of hydrogen-bond donors (Lipinski definition) is 1. The quantitative estimate of drug-likeness (QED) is 0.458. The molecule has 0 bridgehead atoms. The average Bonchev–Trinajstić information content (AvgIpc) is 3.20. The molecule has 5 rings (SSSR count). The van der Waals surface area contributed by atoms with Gasteiger partial charge in [-0.3, -0.25) is 14.2 Å². The van der Waals surface area contributed by atoms with Crippen LogP contribution in [0, 0.1) is 6.92 Å². The number of ether oxygens (including phenoxy) is 1. The van der Waals surface area contributed by atoms with Crippen LogP contribution in [0.4, 0.5) is 5.69 Å². The van der Waals surface area contributed by atoms with Gasteiger partial charge in [0.1, 0.15) is 22.9 Å². The van der Waals surface area contributed by atoms with E-state index in [1.807, 2.05) is 31.2 Å². The van der Waals surface area contributed by atoms with E-state index in [-0.39, 0.29) is 18.0 Å². The van der Waals surface area contributed by atoms with E-state index in [9.17, 15) is 9.59 Å². The van der Waals surface area contributed by atoms with Crippen molar-refractivity contribution in [2.75, 3.05) is 12.4 Å². The SMILES string of the molecule is COc1ccc(NC(=O)Cn2c(-c3cccc(C)c3)nc3sc4c(c3c2=O)CCCC4)cc1. The van der Waals surface area contributed by atoms with Gasteiger partial charge < -0.3 is 10.1 Å². The fraction of sp³-hybridized carbons (Fsp3) is 0.269. The van der Waals surface area contributed by atoms with Crippen LogP contribution in [-0.2, 0) is 24.2 Å². The number of nitrogens with zero attached hydrogens (tertiary/aromatic N) is 2. The molecule has 7 heteroatoms. The molecule has 33 heavy (non-hydrogen) atoms. The zero-order chi connectivity index (χ0) is 22.9. The van der Waals surface area contributed by atoms with Gasteiger partial charge in [0.2, 0.25) is 5.91 Å². The van der Waals surface area contributed by atoms with Crippen LogP contribution < -0.4 is 15.6 Å². The van der Waals surface area contributed by atoms with Gasteiger partial charge in [-0.25, -0.2) is 4.98 Å². The van der Waals surface area contributed by atoms with E-state index in [0.29, 0.717) is 22.6 Å². The van der Waals surface area contributed by atoms with E-state index in [0.717, 1.165) is 47.2 Å². The molecule has 0 spiro atoms. The van der Waals surface area contributed by atoms with E-state index < -0.39 is 0 Å². The number of amides is 1. The Bertz CT molecular complexity index is 1400. The number of nitrogens with one attached hydrogen (secondary N) is 1. The Hall–Kier alpha value is -3.45. The highest BCUT2D eigenvalue weighted by atomic mass is 32.1. The fourth-order valence-corrected chi connectivity index (χ4v) is 5.66. The number of anilines is 1. The molecule has 1 N–H and O–H groups in total. The lowest BCUT2D eigenvalue weighted by atomic mass is 9.97. The number of carbonyl (C=O) groups excluding carboxylic acids is 1. The second kappa shape index (κ2) is 8.83. The van der Waals surface area contributed by atoms with Crippen molar-refractivity contribution in [2.45, 2.75) is 39.2 Å². The number of methoxy groups -OCH3 is 1. The molecule has 0 unspecified atom stereocenters. The first-order valence-electron chi connectivity index (χ1n) is 11.1. The first-order chi connectivity index (χ1) is 16.0. The molecule has 1 amide bonds. The summed E-state index contributed by atoms with van der Waals surface area (Å²) in [7, 11) is 1.60. The van der Waals surface area contributed by atoms with Gasteiger partial charge in [-0.15, -0.1) is 11.3 Å². The van der Waals surface area contributed by atoms with Gasteiger partial charge in [-0.1, -0.05) is 23.8 Å². The summed E-state index contributed by atoms with van der Waals surface area (Å²) in [6.07, 6.45) is 4.11. The van der Waals surface area contributed by atoms with Crippen LogP contribution in [-0.4, -0.2) is 22.6 Å². The summed E-state index contributed by atoms with van der Waals surface area (Å²) >= 11 is 1.62. The molecule has 4 aromatic rings. The van der Waals surface area contributed by atoms with Crippen molar-refractivity contribution in [3.8, 4) is 17.1 Å². The Morgan fingerprint density at radius 3 is 2.70 bits per heavy atom. The van der Waals surface area contributed by atoms with Crippen LogP contribution in [0.15, 0.2) is 53.3 Å². The van der Waals surface area contributed by atoms with Crippen LogP contribution in [0.1, 0.15) is 28.8 Å². The first kappa shape index (κ1) is 21.4. The monoisotopic (exact) mass is 459 g/mol. The summed E-state index contributed by atoms with van der Waals surface area (Å²) in [5.41, 5.74) is 3.53. The molecule has 0 aliphatic heterocycles. The van der Waals surface area contributed by atoms with Crippen molar-refractivity contribution in [2.24, 2.45) is 0 Å². The zero-order valence-corrected chi connectivity index (χ0v) is 19.5. The lowest BCUT2D eigenvalue weighted by Gasteiger charge is -2.14. The standard InChI is InChI=1S/C26H25N3O3S/c1-16-6-5-7-17(14-16)24-28-25-23(20-8-3-4-9-21(20)33-25)26(31)29(24)15-22(30)27-18-10-12-19(32-2)13-11-18/h5-7,10-14H,3-4,8-9,15H2,1-2H3,(H,27,30). The van der Waals surface area contributed by atoms with Crippen molar-refractivity contribution >= 4 is 33.1 Å². The highest BCUT2D eigenvalue weighted by molar-refractivity contribution is 7.18. The fourth-order valence-electron chi connectivity index (χ4n) is 4.41. The number of rotatable bonds is 5. The molecular weight excluding hydrogens is 434 g/mol. The van der Waals surface area contributed by atoms with E-state index in [4.69, 9.17) is 9.72 Å². The lowest BCUT2D eigenvalue weighted by molar-refractivity contribution is -0.116. The van der Waals surface area contributed by atoms with Gasteiger partial charge in [-0.2, -0.15) is 0 Å². The molecule has 168 valence electrons. The van der Waals surface area contributed by atoms with Crippen LogP contribution in [0.5, 0.6) is 5.75 Å². The molecule has 1 aliphatic carbocycles. The number of benzene rings is 2. The third kappa shape index (κ3) is 4.16. The van der Waals surface area contributed by atoms with Crippen molar-refractivity contribution in [1.29, 1.82) is 0 Å². The Morgan fingerprint density at radius 1 is 1.15 bits per heavy atom. The lowest BCUT2D eigenvalue weighted by Crippen LogP contribution is -2.30. The number of aryl methyl sites for hydroxylation is 3. The molecule has 6 nitrogen and oxygen atoms in total. The third-order valence-corrected chi connectivity index (χ3v) is 7.21. The molecule has 0 fully saturated rings. The largest absolute Gasteiger partial charge is 0.497 e. The number of aromatic nitrogens is 2. The van der Waals surface area contributed by atoms with Crippen LogP contribution in [0.3, 0.4) is 0 Å². The molecule has 0 saturated carbocycles. The van der Waals surface area contributed by atoms with Gasteiger partial charge in [0.15, 0.2) is 0 Å². The Morgan fingerprint density at radius 2 is 1.94 bits per heavy atom. The Kier molecular flexibility index (Phi) is 5.72. The van der Waals surface area contributed by atoms with Gasteiger partial charge in [0.05, 0.1) is 12.5 Å². The number of hydrogen-bond acceptors (Lipinski definition) is 5. The topological polar surface area (TPSA) is 73.2 Å². The summed E-state index contributed by atoms with van der Waals surface area (Å²) in [5.74, 6) is 0.962. The predicted molar refractivity (Wildman–Crippen MR) is 132 cm³/mol. The molecule has 1 aliphatic rings. The molecule has 0 atom stereocenters. The third-order valence-electron chi connectivity index (χ3n) is 6.03. The van der Waals surface area contributed by atoms with Crippen LogP contribution >= 0.6 is 11.3 Å². The Labute approximate surface area is 195 Å². The smallest absolute Gasteiger partial charge is 0.263 e. The van der Waals surface area contributed by atoms with E-state index in [2.05, 4.69) is 5.32 Å². The normalized spacial score (nSPS) is 13.0. The molecule has 2 aromatic heterocycles. The molecular formula is C26H25N3O3S. The van der Waals surface area contributed by atoms with Gasteiger partial charge in [0.25, 0.3) is 5.56 Å². The molecule has 2 heterocycles. The van der Waals surface area contributed by atoms with E-state index in [1.54, 1.807) is 42.7 Å². The van der Waals surface area contributed by atoms with Crippen molar-refractivity contribution < 1.29 is 9.53 Å². The van der Waals surface area contributed by atoms with Crippen LogP contribution in [0.25, 0.3) is 21.6 Å². The van der Waals surface area contributed by atoms with Gasteiger partial charge in [0, 0.05) is 16.1 Å². The zero-order valence-electron chi connectivity index (χ0n) is 18.7. The molecule has 0 radical (unpaired) electrons. The number of fused-ring (bicyclic) bond motifs is 3. The first-order valence-corrected chi connectivity index (χ1v) is 11.9. The summed E-state index contributed by atoms with van der Waals surface area (Å²) in [6, 6.07) is 15.0. The minimum atomic E-state index is -0.276. The maximum absolute atomic E-state index is 13.7. The maximum atomic E-state index is 13.7. The van der Waals surface area contributed by atoms with E-state index in [1.165, 1.54) is 9.44 Å². The number of carbonyl (C=O) groups is 1. The van der Waals surface area contributed by atoms with E-state index >= 15 is 0 Å². The summed E-state index contributed by atoms with van der Waals surface area (Å²) in [5, 5.41) is 3.57. The maximum Gasteiger partial charge on any atom is 0.263 e. The van der Waals surface area contributed by atoms with Gasteiger partial charge in [-0.05, 0) is 68.5 Å². The summed E-state index contributed by atoms with van der Waals surface area (Å²) < 4.78 is 6.70. The van der Waals surface area contributed by atoms with Gasteiger partial charge >= 0.3 is 0 Å². The van der Waals surface area contributed by atoms with Crippen molar-refractivity contribution in [3.05, 3.63) is 74.9 Å². The van der Waals surface area contributed by atoms with Crippen molar-refractivity contribution in [3.63, 3.8) is 0 Å². The molecule has 0 saturated heterocycles. The predicted octanol–water partition coefficient (Wildman–Crippen LogP) is 4.96. The minimum absolute atomic E-state index is 0.109. The van der Waals surface area contributed by atoms with Crippen LogP contribution in [0.2, 0.25) is 0 Å². The summed E-state index contributed by atoms with van der Waals surface area (Å²) in [6.45, 7) is 1.90. The minimum Gasteiger partial charge on any atom is -0.497 e. The second-order valence-corrected chi connectivity index (χ2v) is 9.45. The van der Waals surface area contributed by atoms with Crippen molar-refractivity contribution in [1.82, 2.24) is 9.55 Å². The summed E-state index contributed by atoms with van der Waals surface area (Å²) in [4.78, 5) is 33.7. The second-order valence-electron chi connectivity index (χ2n) is 8.36. The number of thiophene rings is 1.